The third-order valence-electron chi connectivity index (χ3n) is 3.93. The van der Waals surface area contributed by atoms with Crippen LogP contribution in [0.4, 0.5) is 5.00 Å². The Morgan fingerprint density at radius 1 is 1.10 bits per heavy atom. The lowest BCUT2D eigenvalue weighted by Gasteiger charge is -2.09. The lowest BCUT2D eigenvalue weighted by Crippen LogP contribution is -2.22. The van der Waals surface area contributed by atoms with Gasteiger partial charge in [0, 0.05) is 4.88 Å². The average molecular weight is 429 g/mol. The number of para-hydroxylation sites is 1. The van der Waals surface area contributed by atoms with Crippen LogP contribution < -0.4 is 5.32 Å². The van der Waals surface area contributed by atoms with E-state index in [-0.39, 0.29) is 17.7 Å². The number of hydrogen-bond acceptors (Lipinski definition) is 9. The molecule has 0 unspecified atom stereocenters. The van der Waals surface area contributed by atoms with Crippen LogP contribution in [0.15, 0.2) is 36.7 Å². The zero-order chi connectivity index (χ0) is 21.5. The maximum absolute atomic E-state index is 12.5. The molecule has 11 heteroatoms. The number of aryl methyl sites for hydroxylation is 1. The van der Waals surface area contributed by atoms with Crippen LogP contribution in [0.3, 0.4) is 0 Å². The van der Waals surface area contributed by atoms with E-state index < -0.39 is 24.5 Å². The molecule has 156 valence electrons. The predicted octanol–water partition coefficient (Wildman–Crippen LogP) is 2.26. The van der Waals surface area contributed by atoms with Crippen molar-refractivity contribution in [2.45, 2.75) is 20.3 Å². The molecular weight excluding hydrogens is 410 g/mol. The molecule has 0 spiro atoms. The monoisotopic (exact) mass is 429 g/mol. The van der Waals surface area contributed by atoms with Gasteiger partial charge in [0.2, 0.25) is 0 Å². The second-order valence-corrected chi connectivity index (χ2v) is 7.06. The molecule has 0 atom stereocenters. The van der Waals surface area contributed by atoms with Crippen molar-refractivity contribution < 1.29 is 23.9 Å². The number of tetrazole rings is 1. The minimum absolute atomic E-state index is 0.203. The SMILES string of the molecule is CCOC(=O)c1cc(CC)sc1NC(=O)COC(=O)c1ccccc1-n1cnnn1. The highest BCUT2D eigenvalue weighted by atomic mass is 32.1. The molecule has 0 aliphatic carbocycles. The van der Waals surface area contributed by atoms with E-state index in [0.29, 0.717) is 17.1 Å². The molecular formula is C19H19N5O5S. The van der Waals surface area contributed by atoms with E-state index in [0.717, 1.165) is 4.88 Å². The number of ether oxygens (including phenoxy) is 2. The zero-order valence-corrected chi connectivity index (χ0v) is 17.1. The molecule has 2 heterocycles. The number of rotatable bonds is 8. The summed E-state index contributed by atoms with van der Waals surface area (Å²) in [5.41, 5.74) is 0.903. The lowest BCUT2D eigenvalue weighted by atomic mass is 10.2. The van der Waals surface area contributed by atoms with Crippen molar-refractivity contribution in [2.24, 2.45) is 0 Å². The van der Waals surface area contributed by atoms with Crippen molar-refractivity contribution in [1.82, 2.24) is 20.2 Å². The van der Waals surface area contributed by atoms with Crippen molar-refractivity contribution in [2.75, 3.05) is 18.5 Å². The van der Waals surface area contributed by atoms with Gasteiger partial charge >= 0.3 is 11.9 Å². The van der Waals surface area contributed by atoms with E-state index >= 15 is 0 Å². The molecule has 1 amide bonds. The van der Waals surface area contributed by atoms with Gasteiger partial charge in [-0.05, 0) is 42.0 Å². The molecule has 3 rings (SSSR count). The molecule has 0 bridgehead atoms. The largest absolute Gasteiger partial charge is 0.462 e. The van der Waals surface area contributed by atoms with Gasteiger partial charge in [0.1, 0.15) is 11.3 Å². The van der Waals surface area contributed by atoms with Crippen LogP contribution in [0.1, 0.15) is 39.4 Å². The van der Waals surface area contributed by atoms with Gasteiger partial charge in [-0.25, -0.2) is 9.59 Å². The first kappa shape index (κ1) is 21.1. The number of carbonyl (C=O) groups excluding carboxylic acids is 3. The number of benzene rings is 1. The Labute approximate surface area is 175 Å². The summed E-state index contributed by atoms with van der Waals surface area (Å²) in [5.74, 6) is -1.79. The number of thiophene rings is 1. The molecule has 0 saturated heterocycles. The quantitative estimate of drug-likeness (QED) is 0.541. The van der Waals surface area contributed by atoms with Gasteiger partial charge in [-0.15, -0.1) is 16.4 Å². The zero-order valence-electron chi connectivity index (χ0n) is 16.3. The summed E-state index contributed by atoms with van der Waals surface area (Å²) >= 11 is 1.27. The van der Waals surface area contributed by atoms with Crippen molar-refractivity contribution in [3.63, 3.8) is 0 Å². The number of esters is 2. The molecule has 0 saturated carbocycles. The molecule has 0 radical (unpaired) electrons. The van der Waals surface area contributed by atoms with Gasteiger partial charge < -0.3 is 14.8 Å². The summed E-state index contributed by atoms with van der Waals surface area (Å²) < 4.78 is 11.5. The maximum Gasteiger partial charge on any atom is 0.341 e. The maximum atomic E-state index is 12.5. The van der Waals surface area contributed by atoms with Gasteiger partial charge in [-0.2, -0.15) is 4.68 Å². The summed E-state index contributed by atoms with van der Waals surface area (Å²) in [4.78, 5) is 37.8. The van der Waals surface area contributed by atoms with E-state index in [9.17, 15) is 14.4 Å². The average Bonchev–Trinajstić information content (AvgIpc) is 3.42. The van der Waals surface area contributed by atoms with Crippen LogP contribution in [0.25, 0.3) is 5.69 Å². The fourth-order valence-electron chi connectivity index (χ4n) is 2.56. The van der Waals surface area contributed by atoms with Crippen LogP contribution >= 0.6 is 11.3 Å². The van der Waals surface area contributed by atoms with Crippen molar-refractivity contribution >= 4 is 34.2 Å². The standard InChI is InChI=1S/C19H19N5O5S/c1-3-12-9-14(19(27)28-4-2)17(30-12)21-16(25)10-29-18(26)13-7-5-6-8-15(13)24-11-20-22-23-24/h5-9,11H,3-4,10H2,1-2H3,(H,21,25). The van der Waals surface area contributed by atoms with Crippen molar-refractivity contribution in [3.8, 4) is 5.69 Å². The van der Waals surface area contributed by atoms with Gasteiger partial charge in [0.05, 0.1) is 23.4 Å². The third kappa shape index (κ3) is 4.87. The van der Waals surface area contributed by atoms with Gasteiger partial charge in [0.15, 0.2) is 6.61 Å². The van der Waals surface area contributed by atoms with Crippen LogP contribution in [0, 0.1) is 0 Å². The first-order valence-electron chi connectivity index (χ1n) is 9.12. The van der Waals surface area contributed by atoms with Crippen molar-refractivity contribution in [3.05, 3.63) is 52.7 Å². The first-order valence-corrected chi connectivity index (χ1v) is 9.94. The molecule has 30 heavy (non-hydrogen) atoms. The first-order chi connectivity index (χ1) is 14.5. The summed E-state index contributed by atoms with van der Waals surface area (Å²) in [6.45, 7) is 3.35. The minimum Gasteiger partial charge on any atom is -0.462 e. The highest BCUT2D eigenvalue weighted by Crippen LogP contribution is 2.29. The smallest absolute Gasteiger partial charge is 0.341 e. The summed E-state index contributed by atoms with van der Waals surface area (Å²) in [6, 6.07) is 8.26. The number of nitrogens with zero attached hydrogens (tertiary/aromatic N) is 4. The second kappa shape index (κ2) is 9.74. The summed E-state index contributed by atoms with van der Waals surface area (Å²) in [5, 5.41) is 13.8. The van der Waals surface area contributed by atoms with Crippen LogP contribution in [-0.2, 0) is 20.7 Å². The fraction of sp³-hybridized carbons (Fsp3) is 0.263. The van der Waals surface area contributed by atoms with Crippen LogP contribution in [-0.4, -0.2) is 51.3 Å². The number of carbonyl (C=O) groups is 3. The highest BCUT2D eigenvalue weighted by molar-refractivity contribution is 7.16. The van der Waals surface area contributed by atoms with E-state index in [1.54, 1.807) is 37.3 Å². The number of hydrogen-bond donors (Lipinski definition) is 1. The Kier molecular flexibility index (Phi) is 6.86. The molecule has 3 aromatic rings. The highest BCUT2D eigenvalue weighted by Gasteiger charge is 2.20. The van der Waals surface area contributed by atoms with E-state index in [2.05, 4.69) is 20.8 Å². The molecule has 0 fully saturated rings. The minimum atomic E-state index is -0.706. The summed E-state index contributed by atoms with van der Waals surface area (Å²) in [6.07, 6.45) is 2.05. The molecule has 1 aromatic carbocycles. The summed E-state index contributed by atoms with van der Waals surface area (Å²) in [7, 11) is 0. The number of anilines is 1. The van der Waals surface area contributed by atoms with E-state index in [4.69, 9.17) is 9.47 Å². The second-order valence-electron chi connectivity index (χ2n) is 5.93. The molecule has 0 aliphatic rings. The predicted molar refractivity (Wildman–Crippen MR) is 108 cm³/mol. The number of amides is 1. The Morgan fingerprint density at radius 2 is 1.87 bits per heavy atom. The van der Waals surface area contributed by atoms with Crippen LogP contribution in [0.2, 0.25) is 0 Å². The van der Waals surface area contributed by atoms with E-state index in [1.165, 1.54) is 22.3 Å². The Balaban J connectivity index is 1.67. The molecule has 0 aliphatic heterocycles. The van der Waals surface area contributed by atoms with Crippen LogP contribution in [0.5, 0.6) is 0 Å². The fourth-order valence-corrected chi connectivity index (χ4v) is 3.56. The topological polar surface area (TPSA) is 125 Å². The Hall–Kier alpha value is -3.60. The Bertz CT molecular complexity index is 1050. The Morgan fingerprint density at radius 3 is 2.57 bits per heavy atom. The third-order valence-corrected chi connectivity index (χ3v) is 5.13. The number of aromatic nitrogens is 4. The van der Waals surface area contributed by atoms with Crippen molar-refractivity contribution in [1.29, 1.82) is 0 Å². The normalized spacial score (nSPS) is 10.5. The van der Waals surface area contributed by atoms with Gasteiger partial charge in [-0.3, -0.25) is 4.79 Å². The molecule has 1 N–H and O–H groups in total. The van der Waals surface area contributed by atoms with Gasteiger partial charge in [-0.1, -0.05) is 19.1 Å². The molecule has 2 aromatic heterocycles. The van der Waals surface area contributed by atoms with E-state index in [1.807, 2.05) is 6.92 Å². The number of nitrogens with one attached hydrogen (secondary N) is 1. The van der Waals surface area contributed by atoms with Gasteiger partial charge in [0.25, 0.3) is 5.91 Å². The molecule has 10 nitrogen and oxygen atoms in total. The lowest BCUT2D eigenvalue weighted by molar-refractivity contribution is -0.119.